The molecule has 0 aromatic heterocycles. The molecule has 1 aromatic rings. The minimum Gasteiger partial charge on any atom is -0.363 e. The highest BCUT2D eigenvalue weighted by Crippen LogP contribution is 2.42. The largest absolute Gasteiger partial charge is 0.363 e. The number of rotatable bonds is 2. The van der Waals surface area contributed by atoms with Crippen molar-refractivity contribution in [2.24, 2.45) is 0 Å². The van der Waals surface area contributed by atoms with E-state index in [4.69, 9.17) is 4.74 Å². The Morgan fingerprint density at radius 3 is 2.33 bits per heavy atom. The molecule has 0 amide bonds. The lowest BCUT2D eigenvalue weighted by Crippen LogP contribution is -2.45. The van der Waals surface area contributed by atoms with Crippen LogP contribution in [0.15, 0.2) is 23.1 Å². The predicted octanol–water partition coefficient (Wildman–Crippen LogP) is 2.21. The summed E-state index contributed by atoms with van der Waals surface area (Å²) in [6.07, 6.45) is 1.07. The average molecular weight is 335 g/mol. The fraction of sp³-hybridized carbons (Fsp3) is 0.538. The molecule has 8 heteroatoms. The van der Waals surface area contributed by atoms with Gasteiger partial charge in [-0.1, -0.05) is 6.07 Å². The first-order valence-electron chi connectivity index (χ1n) is 6.67. The van der Waals surface area contributed by atoms with Gasteiger partial charge in [0, 0.05) is 18.8 Å². The Bertz CT molecular complexity index is 615. The molecule has 4 nitrogen and oxygen atoms in total. The smallest absolute Gasteiger partial charge is 0.248 e. The summed E-state index contributed by atoms with van der Waals surface area (Å²) in [5.74, 6) is -1.21. The molecule has 0 unspecified atom stereocenters. The maximum Gasteiger partial charge on any atom is 0.248 e. The number of hydrogen-bond donors (Lipinski definition) is 0. The van der Waals surface area contributed by atoms with Gasteiger partial charge in [-0.25, -0.2) is 17.2 Å². The normalized spacial score (nSPS) is 22.8. The van der Waals surface area contributed by atoms with E-state index < -0.39 is 26.6 Å². The molecular formula is C13H15F2NO3S2. The molecule has 3 rings (SSSR count). The van der Waals surface area contributed by atoms with E-state index in [0.29, 0.717) is 19.4 Å². The van der Waals surface area contributed by atoms with E-state index in [2.05, 4.69) is 0 Å². The molecule has 21 heavy (non-hydrogen) atoms. The van der Waals surface area contributed by atoms with Crippen LogP contribution in [0.5, 0.6) is 0 Å². The monoisotopic (exact) mass is 335 g/mol. The summed E-state index contributed by atoms with van der Waals surface area (Å²) in [4.78, 5) is -1.18. The van der Waals surface area contributed by atoms with Gasteiger partial charge in [-0.2, -0.15) is 4.31 Å². The van der Waals surface area contributed by atoms with E-state index in [1.807, 2.05) is 0 Å². The van der Waals surface area contributed by atoms with Gasteiger partial charge in [0.05, 0.1) is 6.61 Å². The van der Waals surface area contributed by atoms with Gasteiger partial charge < -0.3 is 4.74 Å². The minimum absolute atomic E-state index is 0.211. The molecule has 116 valence electrons. The van der Waals surface area contributed by atoms with Gasteiger partial charge in [-0.3, -0.25) is 0 Å². The van der Waals surface area contributed by atoms with Crippen LogP contribution in [0.1, 0.15) is 12.8 Å². The van der Waals surface area contributed by atoms with Crippen molar-refractivity contribution >= 4 is 21.8 Å². The summed E-state index contributed by atoms with van der Waals surface area (Å²) in [6.45, 7) is 1.09. The van der Waals surface area contributed by atoms with Crippen LogP contribution in [0.4, 0.5) is 8.78 Å². The van der Waals surface area contributed by atoms with Crippen molar-refractivity contribution in [2.75, 3.05) is 25.4 Å². The average Bonchev–Trinajstić information content (AvgIpc) is 2.87. The van der Waals surface area contributed by atoms with Crippen molar-refractivity contribution in [3.8, 4) is 0 Å². The Morgan fingerprint density at radius 1 is 1.19 bits per heavy atom. The van der Waals surface area contributed by atoms with E-state index in [-0.39, 0.29) is 18.0 Å². The minimum atomic E-state index is -4.15. The number of nitrogens with zero attached hydrogens (tertiary/aromatic N) is 1. The molecule has 1 spiro atoms. The lowest BCUT2D eigenvalue weighted by atomic mass is 10.1. The molecule has 2 saturated heterocycles. The van der Waals surface area contributed by atoms with E-state index in [1.165, 1.54) is 0 Å². The van der Waals surface area contributed by atoms with Gasteiger partial charge >= 0.3 is 0 Å². The number of ether oxygens (including phenoxy) is 1. The Hall–Kier alpha value is -0.700. The Kier molecular flexibility index (Phi) is 3.98. The molecule has 0 aliphatic carbocycles. The van der Waals surface area contributed by atoms with Gasteiger partial charge in [0.1, 0.15) is 16.6 Å². The maximum absolute atomic E-state index is 13.7. The fourth-order valence-electron chi connectivity index (χ4n) is 2.71. The fourth-order valence-corrected chi connectivity index (χ4v) is 5.44. The lowest BCUT2D eigenvalue weighted by molar-refractivity contribution is 0.0161. The first-order valence-corrected chi connectivity index (χ1v) is 9.09. The van der Waals surface area contributed by atoms with Crippen molar-refractivity contribution < 1.29 is 21.9 Å². The number of thioether (sulfide) groups is 1. The summed E-state index contributed by atoms with van der Waals surface area (Å²) >= 11 is 1.69. The van der Waals surface area contributed by atoms with E-state index >= 15 is 0 Å². The molecule has 0 radical (unpaired) electrons. The van der Waals surface area contributed by atoms with Crippen LogP contribution in [0.2, 0.25) is 0 Å². The number of benzene rings is 1. The van der Waals surface area contributed by atoms with E-state index in [0.717, 1.165) is 28.3 Å². The van der Waals surface area contributed by atoms with Gasteiger partial charge in [0.15, 0.2) is 4.90 Å². The molecule has 0 atom stereocenters. The predicted molar refractivity (Wildman–Crippen MR) is 75.5 cm³/mol. The SMILES string of the molecule is O=S(=O)(c1c(F)cccc1F)N1CCC2(CC1)OCCS2. The third-order valence-corrected chi connectivity index (χ3v) is 7.19. The van der Waals surface area contributed by atoms with Crippen LogP contribution in [-0.2, 0) is 14.8 Å². The summed E-state index contributed by atoms with van der Waals surface area (Å²) in [5.41, 5.74) is 0. The van der Waals surface area contributed by atoms with Crippen LogP contribution < -0.4 is 0 Å². The number of halogens is 2. The zero-order chi connectivity index (χ0) is 15.1. The van der Waals surface area contributed by atoms with E-state index in [1.54, 1.807) is 11.8 Å². The molecule has 2 fully saturated rings. The molecule has 0 bridgehead atoms. The first-order chi connectivity index (χ1) is 9.95. The standard InChI is InChI=1S/C13H15F2NO3S2/c14-10-2-1-3-11(15)12(10)21(17,18)16-6-4-13(5-7-16)19-8-9-20-13/h1-3H,4-9H2. The third kappa shape index (κ3) is 2.69. The number of hydrogen-bond acceptors (Lipinski definition) is 4. The van der Waals surface area contributed by atoms with Gasteiger partial charge in [0.2, 0.25) is 10.0 Å². The summed E-state index contributed by atoms with van der Waals surface area (Å²) in [6, 6.07) is 3.06. The molecular weight excluding hydrogens is 320 g/mol. The quantitative estimate of drug-likeness (QED) is 0.831. The van der Waals surface area contributed by atoms with Crippen molar-refractivity contribution in [1.29, 1.82) is 0 Å². The van der Waals surface area contributed by atoms with Crippen molar-refractivity contribution in [2.45, 2.75) is 22.7 Å². The van der Waals surface area contributed by atoms with Crippen molar-refractivity contribution in [3.05, 3.63) is 29.8 Å². The van der Waals surface area contributed by atoms with Crippen LogP contribution in [0.3, 0.4) is 0 Å². The topological polar surface area (TPSA) is 46.6 Å². The van der Waals surface area contributed by atoms with Gasteiger partial charge in [0.25, 0.3) is 0 Å². The molecule has 1 aromatic carbocycles. The zero-order valence-electron chi connectivity index (χ0n) is 11.2. The highest BCUT2D eigenvalue weighted by Gasteiger charge is 2.43. The van der Waals surface area contributed by atoms with Crippen LogP contribution in [-0.4, -0.2) is 43.1 Å². The lowest BCUT2D eigenvalue weighted by Gasteiger charge is -2.37. The van der Waals surface area contributed by atoms with Gasteiger partial charge in [-0.05, 0) is 25.0 Å². The summed E-state index contributed by atoms with van der Waals surface area (Å²) < 4.78 is 59.1. The second-order valence-electron chi connectivity index (χ2n) is 5.06. The molecule has 2 aliphatic rings. The van der Waals surface area contributed by atoms with Crippen LogP contribution in [0, 0.1) is 11.6 Å². The Balaban J connectivity index is 1.84. The number of sulfonamides is 1. The third-order valence-electron chi connectivity index (χ3n) is 3.81. The molecule has 2 aliphatic heterocycles. The zero-order valence-corrected chi connectivity index (χ0v) is 12.9. The van der Waals surface area contributed by atoms with Gasteiger partial charge in [-0.15, -0.1) is 11.8 Å². The Morgan fingerprint density at radius 2 is 1.81 bits per heavy atom. The second-order valence-corrected chi connectivity index (χ2v) is 8.38. The summed E-state index contributed by atoms with van der Waals surface area (Å²) in [5, 5.41) is 0. The Labute approximate surface area is 126 Å². The van der Waals surface area contributed by atoms with Crippen molar-refractivity contribution in [1.82, 2.24) is 4.31 Å². The molecule has 2 heterocycles. The van der Waals surface area contributed by atoms with Crippen LogP contribution >= 0.6 is 11.8 Å². The first kappa shape index (κ1) is 15.2. The van der Waals surface area contributed by atoms with Crippen LogP contribution in [0.25, 0.3) is 0 Å². The maximum atomic E-state index is 13.7. The van der Waals surface area contributed by atoms with Crippen molar-refractivity contribution in [3.63, 3.8) is 0 Å². The molecule has 0 N–H and O–H groups in total. The highest BCUT2D eigenvalue weighted by atomic mass is 32.2. The van der Waals surface area contributed by atoms with E-state index in [9.17, 15) is 17.2 Å². The molecule has 0 saturated carbocycles. The highest BCUT2D eigenvalue weighted by molar-refractivity contribution is 8.00. The summed E-state index contributed by atoms with van der Waals surface area (Å²) in [7, 11) is -4.15. The number of piperidine rings is 1. The second kappa shape index (κ2) is 5.49.